The van der Waals surface area contributed by atoms with Gasteiger partial charge in [-0.3, -0.25) is 10.0 Å². The Hall–Kier alpha value is -2.99. The van der Waals surface area contributed by atoms with Crippen LogP contribution in [0.15, 0.2) is 36.4 Å². The molecule has 0 saturated heterocycles. The number of alkyl halides is 3. The van der Waals surface area contributed by atoms with E-state index in [1.165, 1.54) is 11.6 Å². The SMILES string of the molecule is Nc1cccc(C#C/C=C/C(=O)NO)c1.O=C(O)C(F)(F)F. The molecule has 0 spiro atoms. The molecule has 5 N–H and O–H groups in total. The molecule has 0 radical (unpaired) electrons. The molecule has 0 fully saturated rings. The Balaban J connectivity index is 0.000000534. The molecule has 1 aromatic carbocycles. The standard InChI is InChI=1S/C11H10N2O2.C2HF3O2/c12-10-6-3-5-9(8-10)4-1-2-7-11(14)13-15;3-2(4,5)1(6)7/h2-3,5-8,15H,12H2,(H,13,14);(H,6,7)/b7-2+;. The van der Waals surface area contributed by atoms with E-state index in [0.29, 0.717) is 5.69 Å². The molecule has 0 unspecified atom stereocenters. The van der Waals surface area contributed by atoms with E-state index in [2.05, 4.69) is 11.8 Å². The van der Waals surface area contributed by atoms with Crippen molar-refractivity contribution in [3.8, 4) is 11.8 Å². The minimum atomic E-state index is -5.08. The van der Waals surface area contributed by atoms with Crippen molar-refractivity contribution >= 4 is 17.6 Å². The summed E-state index contributed by atoms with van der Waals surface area (Å²) >= 11 is 0. The number of amides is 1. The Morgan fingerprint density at radius 2 is 1.91 bits per heavy atom. The van der Waals surface area contributed by atoms with Crippen molar-refractivity contribution in [2.24, 2.45) is 0 Å². The fraction of sp³-hybridized carbons (Fsp3) is 0.0769. The van der Waals surface area contributed by atoms with Crippen molar-refractivity contribution in [1.29, 1.82) is 0 Å². The first kappa shape index (κ1) is 19.0. The zero-order valence-electron chi connectivity index (χ0n) is 10.9. The fourth-order valence-corrected chi connectivity index (χ4v) is 0.896. The first-order valence-corrected chi connectivity index (χ1v) is 5.44. The first-order valence-electron chi connectivity index (χ1n) is 5.44. The van der Waals surface area contributed by atoms with Gasteiger partial charge >= 0.3 is 12.1 Å². The molecule has 118 valence electrons. The van der Waals surface area contributed by atoms with Crippen LogP contribution in [0.2, 0.25) is 0 Å². The molecule has 1 aromatic rings. The number of carboxylic acid groups (broad SMARTS) is 1. The second kappa shape index (κ2) is 9.04. The minimum absolute atomic E-state index is 0.614. The van der Waals surface area contributed by atoms with Crippen LogP contribution in [0, 0.1) is 11.8 Å². The summed E-state index contributed by atoms with van der Waals surface area (Å²) in [6.07, 6.45) is -2.62. The molecule has 1 rings (SSSR count). The van der Waals surface area contributed by atoms with Gasteiger partial charge < -0.3 is 10.8 Å². The van der Waals surface area contributed by atoms with E-state index in [0.717, 1.165) is 11.6 Å². The number of benzene rings is 1. The van der Waals surface area contributed by atoms with Gasteiger partial charge in [0.05, 0.1) is 0 Å². The van der Waals surface area contributed by atoms with Crippen LogP contribution < -0.4 is 11.2 Å². The van der Waals surface area contributed by atoms with Crippen LogP contribution >= 0.6 is 0 Å². The van der Waals surface area contributed by atoms with E-state index in [9.17, 15) is 18.0 Å². The summed E-state index contributed by atoms with van der Waals surface area (Å²) in [4.78, 5) is 19.4. The molecular formula is C13H11F3N2O4. The molecule has 6 nitrogen and oxygen atoms in total. The van der Waals surface area contributed by atoms with Crippen molar-refractivity contribution in [2.75, 3.05) is 5.73 Å². The number of nitrogens with two attached hydrogens (primary N) is 1. The van der Waals surface area contributed by atoms with E-state index in [1.807, 2.05) is 6.07 Å². The lowest BCUT2D eigenvalue weighted by atomic mass is 10.2. The lowest BCUT2D eigenvalue weighted by Crippen LogP contribution is -2.21. The lowest BCUT2D eigenvalue weighted by molar-refractivity contribution is -0.192. The third-order valence-corrected chi connectivity index (χ3v) is 1.77. The number of carboxylic acids is 1. The third kappa shape index (κ3) is 9.00. The van der Waals surface area contributed by atoms with Crippen molar-refractivity contribution in [2.45, 2.75) is 6.18 Å². The number of allylic oxidation sites excluding steroid dienone is 1. The van der Waals surface area contributed by atoms with Crippen molar-refractivity contribution < 1.29 is 33.1 Å². The van der Waals surface area contributed by atoms with Gasteiger partial charge in [-0.05, 0) is 24.3 Å². The largest absolute Gasteiger partial charge is 0.490 e. The smallest absolute Gasteiger partial charge is 0.475 e. The number of aliphatic carboxylic acids is 1. The van der Waals surface area contributed by atoms with Crippen LogP contribution in [0.3, 0.4) is 0 Å². The summed E-state index contributed by atoms with van der Waals surface area (Å²) in [5.74, 6) is 2.05. The Kier molecular flexibility index (Phi) is 7.81. The quantitative estimate of drug-likeness (QED) is 0.205. The van der Waals surface area contributed by atoms with Gasteiger partial charge in [0.1, 0.15) is 0 Å². The Labute approximate surface area is 123 Å². The van der Waals surface area contributed by atoms with Crippen molar-refractivity contribution in [3.05, 3.63) is 42.0 Å². The number of anilines is 1. The minimum Gasteiger partial charge on any atom is -0.475 e. The van der Waals surface area contributed by atoms with Crippen LogP contribution in [0.25, 0.3) is 0 Å². The van der Waals surface area contributed by atoms with E-state index in [4.69, 9.17) is 20.8 Å². The third-order valence-electron chi connectivity index (χ3n) is 1.77. The maximum atomic E-state index is 10.6. The molecule has 0 aromatic heterocycles. The highest BCUT2D eigenvalue weighted by Gasteiger charge is 2.38. The number of hydrogen-bond donors (Lipinski definition) is 4. The van der Waals surface area contributed by atoms with Crippen LogP contribution in [0.5, 0.6) is 0 Å². The zero-order chi connectivity index (χ0) is 17.2. The number of hydrogen-bond acceptors (Lipinski definition) is 4. The highest BCUT2D eigenvalue weighted by Crippen LogP contribution is 2.13. The van der Waals surface area contributed by atoms with Gasteiger partial charge in [-0.25, -0.2) is 10.3 Å². The number of nitrogens with one attached hydrogen (secondary N) is 1. The number of carbonyl (C=O) groups excluding carboxylic acids is 1. The maximum absolute atomic E-state index is 10.6. The van der Waals surface area contributed by atoms with Gasteiger partial charge in [0.15, 0.2) is 0 Å². The van der Waals surface area contributed by atoms with Crippen LogP contribution in [0.1, 0.15) is 5.56 Å². The van der Waals surface area contributed by atoms with Crippen molar-refractivity contribution in [3.63, 3.8) is 0 Å². The second-order valence-corrected chi connectivity index (χ2v) is 3.51. The van der Waals surface area contributed by atoms with Crippen LogP contribution in [-0.4, -0.2) is 28.4 Å². The van der Waals surface area contributed by atoms with Crippen LogP contribution in [-0.2, 0) is 9.59 Å². The second-order valence-electron chi connectivity index (χ2n) is 3.51. The topological polar surface area (TPSA) is 113 Å². The first-order chi connectivity index (χ1) is 10.2. The van der Waals surface area contributed by atoms with E-state index in [1.54, 1.807) is 18.2 Å². The summed E-state index contributed by atoms with van der Waals surface area (Å²) < 4.78 is 31.7. The normalized spacial score (nSPS) is 10.0. The molecule has 0 aliphatic rings. The molecule has 0 saturated carbocycles. The highest BCUT2D eigenvalue weighted by atomic mass is 19.4. The van der Waals surface area contributed by atoms with Crippen molar-refractivity contribution in [1.82, 2.24) is 5.48 Å². The van der Waals surface area contributed by atoms with Gasteiger partial charge in [-0.2, -0.15) is 13.2 Å². The summed E-state index contributed by atoms with van der Waals surface area (Å²) in [5, 5.41) is 15.3. The molecule has 22 heavy (non-hydrogen) atoms. The number of nitrogen functional groups attached to an aromatic ring is 1. The van der Waals surface area contributed by atoms with Gasteiger partial charge in [-0.1, -0.05) is 17.9 Å². The van der Waals surface area contributed by atoms with Gasteiger partial charge in [0.2, 0.25) is 0 Å². The Morgan fingerprint density at radius 1 is 1.32 bits per heavy atom. The van der Waals surface area contributed by atoms with Gasteiger partial charge in [0, 0.05) is 17.3 Å². The molecular weight excluding hydrogens is 305 g/mol. The monoisotopic (exact) mass is 316 g/mol. The fourth-order valence-electron chi connectivity index (χ4n) is 0.896. The number of hydroxylamine groups is 1. The molecule has 9 heteroatoms. The lowest BCUT2D eigenvalue weighted by Gasteiger charge is -1.93. The van der Waals surface area contributed by atoms with E-state index < -0.39 is 18.1 Å². The summed E-state index contributed by atoms with van der Waals surface area (Å²) in [5.41, 5.74) is 8.41. The molecule has 0 heterocycles. The average molecular weight is 316 g/mol. The average Bonchev–Trinajstić information content (AvgIpc) is 2.43. The summed E-state index contributed by atoms with van der Waals surface area (Å²) in [6, 6.07) is 7.10. The van der Waals surface area contributed by atoms with E-state index >= 15 is 0 Å². The molecule has 1 amide bonds. The van der Waals surface area contributed by atoms with Gasteiger partial charge in [0.25, 0.3) is 5.91 Å². The molecule has 0 aliphatic heterocycles. The maximum Gasteiger partial charge on any atom is 0.490 e. The number of halogens is 3. The van der Waals surface area contributed by atoms with Crippen LogP contribution in [0.4, 0.5) is 18.9 Å². The summed E-state index contributed by atoms with van der Waals surface area (Å²) in [7, 11) is 0. The Morgan fingerprint density at radius 3 is 2.36 bits per heavy atom. The molecule has 0 atom stereocenters. The number of carbonyl (C=O) groups is 2. The summed E-state index contributed by atoms with van der Waals surface area (Å²) in [6.45, 7) is 0. The molecule has 0 bridgehead atoms. The van der Waals surface area contributed by atoms with Gasteiger partial charge in [-0.15, -0.1) is 0 Å². The highest BCUT2D eigenvalue weighted by molar-refractivity contribution is 5.86. The zero-order valence-corrected chi connectivity index (χ0v) is 10.9. The number of rotatable bonds is 1. The Bertz CT molecular complexity index is 616. The predicted molar refractivity (Wildman–Crippen MR) is 70.5 cm³/mol. The van der Waals surface area contributed by atoms with E-state index in [-0.39, 0.29) is 0 Å². The molecule has 0 aliphatic carbocycles. The predicted octanol–water partition coefficient (Wildman–Crippen LogP) is 1.32.